The molecule has 0 saturated heterocycles. The molecule has 1 aliphatic heterocycles. The highest BCUT2D eigenvalue weighted by Crippen LogP contribution is 2.28. The minimum absolute atomic E-state index is 0.170. The minimum atomic E-state index is -0.195. The Bertz CT molecular complexity index is 598. The minimum Gasteiger partial charge on any atom is -0.465 e. The Kier molecular flexibility index (Phi) is 5.68. The van der Waals surface area contributed by atoms with Gasteiger partial charge in [0.15, 0.2) is 5.13 Å². The molecule has 1 aromatic rings. The molecule has 1 aromatic heterocycles. The van der Waals surface area contributed by atoms with Gasteiger partial charge in [-0.3, -0.25) is 15.0 Å². The molecule has 0 unspecified atom stereocenters. The van der Waals surface area contributed by atoms with E-state index >= 15 is 0 Å². The number of aromatic nitrogens is 1. The molecule has 1 aliphatic carbocycles. The quantitative estimate of drug-likeness (QED) is 0.793. The molecule has 0 radical (unpaired) electrons. The summed E-state index contributed by atoms with van der Waals surface area (Å²) < 4.78 is 5.00. The zero-order chi connectivity index (χ0) is 16.9. The maximum absolute atomic E-state index is 12.0. The maximum atomic E-state index is 12.0. The highest BCUT2D eigenvalue weighted by molar-refractivity contribution is 7.15. The molecule has 1 saturated carbocycles. The van der Waals surface area contributed by atoms with Gasteiger partial charge < -0.3 is 10.1 Å². The fraction of sp³-hybridized carbons (Fsp3) is 0.688. The molecule has 2 amide bonds. The van der Waals surface area contributed by atoms with Crippen molar-refractivity contribution in [1.29, 1.82) is 0 Å². The lowest BCUT2D eigenvalue weighted by Crippen LogP contribution is -2.36. The van der Waals surface area contributed by atoms with E-state index in [1.54, 1.807) is 0 Å². The van der Waals surface area contributed by atoms with Gasteiger partial charge in [-0.1, -0.05) is 12.8 Å². The number of carbonyl (C=O) groups excluding carboxylic acids is 2. The van der Waals surface area contributed by atoms with Crippen LogP contribution in [0.4, 0.5) is 9.93 Å². The van der Waals surface area contributed by atoms with E-state index in [9.17, 15) is 9.59 Å². The van der Waals surface area contributed by atoms with Gasteiger partial charge in [0.2, 0.25) is 0 Å². The number of urea groups is 1. The number of esters is 1. The number of hydrogen-bond acceptors (Lipinski definition) is 6. The van der Waals surface area contributed by atoms with Crippen LogP contribution in [0.15, 0.2) is 0 Å². The Hall–Kier alpha value is -1.67. The van der Waals surface area contributed by atoms with Crippen molar-refractivity contribution in [2.24, 2.45) is 0 Å². The van der Waals surface area contributed by atoms with Crippen LogP contribution < -0.4 is 10.6 Å². The van der Waals surface area contributed by atoms with Crippen LogP contribution in [0, 0.1) is 0 Å². The molecule has 0 bridgehead atoms. The summed E-state index contributed by atoms with van der Waals surface area (Å²) in [6.45, 7) is 3.98. The van der Waals surface area contributed by atoms with Gasteiger partial charge in [-0.05, 0) is 19.8 Å². The average molecular weight is 352 g/mol. The molecule has 0 atom stereocenters. The van der Waals surface area contributed by atoms with Gasteiger partial charge >= 0.3 is 12.0 Å². The number of rotatable bonds is 5. The molecule has 2 heterocycles. The first kappa shape index (κ1) is 17.2. The van der Waals surface area contributed by atoms with Gasteiger partial charge in [0.05, 0.1) is 18.8 Å². The first-order valence-electron chi connectivity index (χ1n) is 8.58. The van der Waals surface area contributed by atoms with Crippen molar-refractivity contribution in [3.63, 3.8) is 0 Å². The van der Waals surface area contributed by atoms with Crippen molar-refractivity contribution < 1.29 is 14.3 Å². The predicted molar refractivity (Wildman–Crippen MR) is 92.1 cm³/mol. The fourth-order valence-corrected chi connectivity index (χ4v) is 4.26. The lowest BCUT2D eigenvalue weighted by Gasteiger charge is -2.24. The van der Waals surface area contributed by atoms with Gasteiger partial charge in [-0.15, -0.1) is 11.3 Å². The van der Waals surface area contributed by atoms with E-state index in [2.05, 4.69) is 20.5 Å². The Morgan fingerprint density at radius 2 is 2.17 bits per heavy atom. The van der Waals surface area contributed by atoms with Gasteiger partial charge in [-0.2, -0.15) is 0 Å². The SMILES string of the molecule is CCOC(=O)CN1CCc2nc(NC(=O)NC3CCCC3)sc2C1. The smallest absolute Gasteiger partial charge is 0.321 e. The molecule has 0 spiro atoms. The topological polar surface area (TPSA) is 83.6 Å². The normalized spacial score (nSPS) is 18.2. The third kappa shape index (κ3) is 4.45. The summed E-state index contributed by atoms with van der Waals surface area (Å²) in [4.78, 5) is 31.3. The van der Waals surface area contributed by atoms with Crippen molar-refractivity contribution >= 4 is 28.5 Å². The fourth-order valence-electron chi connectivity index (χ4n) is 3.21. The molecule has 132 valence electrons. The van der Waals surface area contributed by atoms with Crippen LogP contribution in [-0.2, 0) is 22.5 Å². The number of nitrogens with zero attached hydrogens (tertiary/aromatic N) is 2. The first-order chi connectivity index (χ1) is 11.6. The van der Waals surface area contributed by atoms with E-state index in [0.717, 1.165) is 36.4 Å². The molecule has 2 N–H and O–H groups in total. The lowest BCUT2D eigenvalue weighted by molar-refractivity contribution is -0.144. The van der Waals surface area contributed by atoms with Gasteiger partial charge in [0.1, 0.15) is 0 Å². The highest BCUT2D eigenvalue weighted by atomic mass is 32.1. The lowest BCUT2D eigenvalue weighted by atomic mass is 10.2. The monoisotopic (exact) mass is 352 g/mol. The second-order valence-electron chi connectivity index (χ2n) is 6.23. The molecule has 3 rings (SSSR count). The molecule has 0 aromatic carbocycles. The predicted octanol–water partition coefficient (Wildman–Crippen LogP) is 2.13. The zero-order valence-corrected chi connectivity index (χ0v) is 14.8. The molecular weight excluding hydrogens is 328 g/mol. The number of carbonyl (C=O) groups is 2. The number of amides is 2. The van der Waals surface area contributed by atoms with E-state index in [4.69, 9.17) is 4.74 Å². The number of ether oxygens (including phenoxy) is 1. The van der Waals surface area contributed by atoms with Crippen LogP contribution in [0.3, 0.4) is 0 Å². The van der Waals surface area contributed by atoms with E-state index in [1.165, 1.54) is 24.2 Å². The van der Waals surface area contributed by atoms with Crippen molar-refractivity contribution in [2.75, 3.05) is 25.0 Å². The number of thiazole rings is 1. The van der Waals surface area contributed by atoms with Crippen LogP contribution in [-0.4, -0.2) is 47.6 Å². The summed E-state index contributed by atoms with van der Waals surface area (Å²) in [7, 11) is 0. The Morgan fingerprint density at radius 3 is 2.92 bits per heavy atom. The van der Waals surface area contributed by atoms with Crippen LogP contribution in [0.1, 0.15) is 43.2 Å². The zero-order valence-electron chi connectivity index (χ0n) is 14.0. The van der Waals surface area contributed by atoms with E-state index < -0.39 is 0 Å². The maximum Gasteiger partial charge on any atom is 0.321 e. The summed E-state index contributed by atoms with van der Waals surface area (Å²) in [5, 5.41) is 6.48. The largest absolute Gasteiger partial charge is 0.465 e. The summed E-state index contributed by atoms with van der Waals surface area (Å²) >= 11 is 1.49. The number of anilines is 1. The Labute approximate surface area is 145 Å². The summed E-state index contributed by atoms with van der Waals surface area (Å²) in [6.07, 6.45) is 5.28. The highest BCUT2D eigenvalue weighted by Gasteiger charge is 2.24. The second kappa shape index (κ2) is 7.94. The van der Waals surface area contributed by atoms with Crippen LogP contribution in [0.5, 0.6) is 0 Å². The van der Waals surface area contributed by atoms with Crippen molar-refractivity contribution in [2.45, 2.75) is 51.6 Å². The van der Waals surface area contributed by atoms with E-state index in [0.29, 0.717) is 30.9 Å². The molecule has 8 heteroatoms. The van der Waals surface area contributed by atoms with Crippen LogP contribution in [0.25, 0.3) is 0 Å². The number of fused-ring (bicyclic) bond motifs is 1. The van der Waals surface area contributed by atoms with Gasteiger partial charge in [0, 0.05) is 30.4 Å². The van der Waals surface area contributed by atoms with Crippen LogP contribution in [0.2, 0.25) is 0 Å². The second-order valence-corrected chi connectivity index (χ2v) is 7.32. The van der Waals surface area contributed by atoms with Gasteiger partial charge in [-0.25, -0.2) is 9.78 Å². The van der Waals surface area contributed by atoms with Crippen molar-refractivity contribution in [3.8, 4) is 0 Å². The van der Waals surface area contributed by atoms with E-state index in [1.807, 2.05) is 6.92 Å². The first-order valence-corrected chi connectivity index (χ1v) is 9.39. The molecule has 2 aliphatic rings. The number of nitrogens with one attached hydrogen (secondary N) is 2. The summed E-state index contributed by atoms with van der Waals surface area (Å²) in [6, 6.07) is 0.121. The third-order valence-corrected chi connectivity index (χ3v) is 5.38. The number of hydrogen-bond donors (Lipinski definition) is 2. The molecular formula is C16H24N4O3S. The average Bonchev–Trinajstić information content (AvgIpc) is 3.16. The standard InChI is InChI=1S/C16H24N4O3S/c1-2-23-14(21)10-20-8-7-12-13(9-20)24-16(18-12)19-15(22)17-11-5-3-4-6-11/h11H,2-10H2,1H3,(H2,17,18,19,22). The molecule has 24 heavy (non-hydrogen) atoms. The molecule has 7 nitrogen and oxygen atoms in total. The Morgan fingerprint density at radius 1 is 1.38 bits per heavy atom. The summed E-state index contributed by atoms with van der Waals surface area (Å²) in [5.41, 5.74) is 1.02. The molecule has 1 fully saturated rings. The van der Waals surface area contributed by atoms with Crippen molar-refractivity contribution in [1.82, 2.24) is 15.2 Å². The van der Waals surface area contributed by atoms with E-state index in [-0.39, 0.29) is 12.0 Å². The van der Waals surface area contributed by atoms with Crippen LogP contribution >= 0.6 is 11.3 Å². The third-order valence-electron chi connectivity index (χ3n) is 4.38. The van der Waals surface area contributed by atoms with Gasteiger partial charge in [0.25, 0.3) is 0 Å². The Balaban J connectivity index is 1.52. The summed E-state index contributed by atoms with van der Waals surface area (Å²) in [5.74, 6) is -0.195. The van der Waals surface area contributed by atoms with Crippen molar-refractivity contribution in [3.05, 3.63) is 10.6 Å².